The Bertz CT molecular complexity index is 1210. The van der Waals surface area contributed by atoms with E-state index in [4.69, 9.17) is 4.74 Å². The van der Waals surface area contributed by atoms with Crippen molar-refractivity contribution in [2.45, 2.75) is 25.2 Å². The third kappa shape index (κ3) is 5.89. The number of piperidine rings is 1. The summed E-state index contributed by atoms with van der Waals surface area (Å²) in [6, 6.07) is 6.81. The predicted molar refractivity (Wildman–Crippen MR) is 120 cm³/mol. The molecule has 0 aliphatic carbocycles. The second-order valence-corrected chi connectivity index (χ2v) is 10.2. The summed E-state index contributed by atoms with van der Waals surface area (Å²) >= 11 is 0. The van der Waals surface area contributed by atoms with Gasteiger partial charge in [0.25, 0.3) is 6.43 Å². The number of hydrogen-bond donors (Lipinski definition) is 1. The van der Waals surface area contributed by atoms with Gasteiger partial charge in [-0.05, 0) is 42.5 Å². The van der Waals surface area contributed by atoms with Gasteiger partial charge in [-0.1, -0.05) is 0 Å². The lowest BCUT2D eigenvalue weighted by molar-refractivity contribution is 0.0811. The van der Waals surface area contributed by atoms with E-state index in [0.717, 1.165) is 6.26 Å². The average Bonchev–Trinajstić information content (AvgIpc) is 3.17. The average molecular weight is 481 g/mol. The van der Waals surface area contributed by atoms with Gasteiger partial charge in [0.2, 0.25) is 15.8 Å². The molecule has 0 unspecified atom stereocenters. The van der Waals surface area contributed by atoms with Gasteiger partial charge in [0.05, 0.1) is 11.9 Å². The van der Waals surface area contributed by atoms with Gasteiger partial charge in [-0.2, -0.15) is 5.26 Å². The molecule has 1 aromatic heterocycles. The summed E-state index contributed by atoms with van der Waals surface area (Å²) < 4.78 is 56.1. The molecular weight excluding hydrogens is 454 g/mol. The molecule has 1 fully saturated rings. The van der Waals surface area contributed by atoms with Crippen molar-refractivity contribution >= 4 is 26.7 Å². The van der Waals surface area contributed by atoms with Crippen molar-refractivity contribution < 1.29 is 26.7 Å². The van der Waals surface area contributed by atoms with Crippen LogP contribution >= 0.6 is 0 Å². The number of Topliss-reactive ketones (excluding diaryl/α,β-unsaturated/α-hetero) is 1. The number of nitriles is 1. The Morgan fingerprint density at radius 1 is 1.33 bits per heavy atom. The first kappa shape index (κ1) is 24.7. The van der Waals surface area contributed by atoms with E-state index in [9.17, 15) is 27.3 Å². The molecule has 33 heavy (non-hydrogen) atoms. The lowest BCUT2D eigenvalue weighted by Crippen LogP contribution is -2.37. The molecule has 1 aliphatic heterocycles. The number of nitrogens with one attached hydrogen (secondary N) is 1. The van der Waals surface area contributed by atoms with Crippen LogP contribution in [-0.4, -0.2) is 74.9 Å². The second-order valence-electron chi connectivity index (χ2n) is 8.25. The SMILES string of the molecule is CN(C)/C=C(\C#N)C(=O)c1cc2cc(OCC(F)F)c(C3CCN(S(C)(=O)=O)CC3)cc2[nH]1. The maximum atomic E-state index is 12.8. The van der Waals surface area contributed by atoms with Crippen LogP contribution in [0.2, 0.25) is 0 Å². The van der Waals surface area contributed by atoms with Crippen LogP contribution in [0.4, 0.5) is 8.78 Å². The van der Waals surface area contributed by atoms with E-state index in [0.29, 0.717) is 42.4 Å². The molecule has 0 spiro atoms. The molecule has 2 heterocycles. The number of halogens is 2. The van der Waals surface area contributed by atoms with E-state index in [2.05, 4.69) is 4.98 Å². The molecule has 3 rings (SSSR count). The van der Waals surface area contributed by atoms with Crippen LogP contribution in [0.3, 0.4) is 0 Å². The van der Waals surface area contributed by atoms with Crippen molar-refractivity contribution in [3.63, 3.8) is 0 Å². The van der Waals surface area contributed by atoms with Crippen LogP contribution in [0.1, 0.15) is 34.8 Å². The quantitative estimate of drug-likeness (QED) is 0.354. The Balaban J connectivity index is 1.98. The van der Waals surface area contributed by atoms with Crippen molar-refractivity contribution in [1.82, 2.24) is 14.2 Å². The number of alkyl halides is 2. The summed E-state index contributed by atoms with van der Waals surface area (Å²) in [4.78, 5) is 17.4. The number of ether oxygens (including phenoxy) is 1. The summed E-state index contributed by atoms with van der Waals surface area (Å²) in [6.07, 6.45) is 0.958. The maximum absolute atomic E-state index is 12.8. The Kier molecular flexibility index (Phi) is 7.39. The zero-order valence-corrected chi connectivity index (χ0v) is 19.5. The van der Waals surface area contributed by atoms with Gasteiger partial charge >= 0.3 is 0 Å². The summed E-state index contributed by atoms with van der Waals surface area (Å²) in [5.41, 5.74) is 1.43. The van der Waals surface area contributed by atoms with Crippen LogP contribution < -0.4 is 4.74 Å². The third-order valence-corrected chi connectivity index (χ3v) is 6.78. The Hall–Kier alpha value is -2.97. The van der Waals surface area contributed by atoms with Gasteiger partial charge in [-0.3, -0.25) is 4.79 Å². The van der Waals surface area contributed by atoms with Crippen molar-refractivity contribution in [3.05, 3.63) is 41.2 Å². The van der Waals surface area contributed by atoms with Crippen LogP contribution in [0.5, 0.6) is 5.75 Å². The number of benzene rings is 1. The summed E-state index contributed by atoms with van der Waals surface area (Å²) in [5, 5.41) is 9.91. The van der Waals surface area contributed by atoms with Gasteiger partial charge in [-0.25, -0.2) is 21.5 Å². The molecule has 178 valence electrons. The first-order valence-electron chi connectivity index (χ1n) is 10.4. The lowest BCUT2D eigenvalue weighted by atomic mass is 9.89. The number of H-pyrrole nitrogens is 1. The molecule has 2 aromatic rings. The zero-order valence-electron chi connectivity index (χ0n) is 18.6. The highest BCUT2D eigenvalue weighted by Gasteiger charge is 2.28. The van der Waals surface area contributed by atoms with Crippen molar-refractivity contribution in [3.8, 4) is 11.8 Å². The number of hydrogen-bond acceptors (Lipinski definition) is 6. The number of nitrogens with zero attached hydrogens (tertiary/aromatic N) is 3. The van der Waals surface area contributed by atoms with E-state index >= 15 is 0 Å². The Labute approximate surface area is 191 Å². The van der Waals surface area contributed by atoms with E-state index in [1.165, 1.54) is 10.5 Å². The van der Waals surface area contributed by atoms with Crippen LogP contribution in [0.25, 0.3) is 10.9 Å². The predicted octanol–water partition coefficient (Wildman–Crippen LogP) is 3.10. The molecule has 0 saturated carbocycles. The van der Waals surface area contributed by atoms with E-state index in [1.807, 2.05) is 6.07 Å². The van der Waals surface area contributed by atoms with E-state index < -0.39 is 28.8 Å². The molecule has 0 radical (unpaired) electrons. The van der Waals surface area contributed by atoms with Gasteiger partial charge in [0.15, 0.2) is 0 Å². The monoisotopic (exact) mass is 480 g/mol. The number of allylic oxidation sites excluding steroid dienone is 1. The number of sulfonamides is 1. The molecule has 1 aliphatic rings. The van der Waals surface area contributed by atoms with Crippen LogP contribution in [0, 0.1) is 11.3 Å². The summed E-state index contributed by atoms with van der Waals surface area (Å²) in [5.74, 6) is -0.297. The highest BCUT2D eigenvalue weighted by Crippen LogP contribution is 2.38. The smallest absolute Gasteiger partial charge is 0.272 e. The number of rotatable bonds is 8. The van der Waals surface area contributed by atoms with Crippen molar-refractivity contribution in [1.29, 1.82) is 5.26 Å². The van der Waals surface area contributed by atoms with Crippen molar-refractivity contribution in [2.75, 3.05) is 40.0 Å². The number of aromatic nitrogens is 1. The molecule has 0 bridgehead atoms. The Morgan fingerprint density at radius 3 is 2.55 bits per heavy atom. The first-order chi connectivity index (χ1) is 15.5. The number of fused-ring (bicyclic) bond motifs is 1. The molecular formula is C22H26F2N4O4S. The van der Waals surface area contributed by atoms with Gasteiger partial charge in [0.1, 0.15) is 24.0 Å². The first-order valence-corrected chi connectivity index (χ1v) is 12.2. The van der Waals surface area contributed by atoms with Gasteiger partial charge in [0, 0.05) is 44.3 Å². The fraction of sp³-hybridized carbons (Fsp3) is 0.455. The molecule has 0 amide bonds. The highest BCUT2D eigenvalue weighted by atomic mass is 32.2. The number of aromatic amines is 1. The van der Waals surface area contributed by atoms with Gasteiger partial charge in [-0.15, -0.1) is 0 Å². The largest absolute Gasteiger partial charge is 0.487 e. The minimum absolute atomic E-state index is 0.0471. The molecule has 11 heteroatoms. The minimum Gasteiger partial charge on any atom is -0.487 e. The summed E-state index contributed by atoms with van der Waals surface area (Å²) in [6.45, 7) is -0.128. The molecule has 1 N–H and O–H groups in total. The Morgan fingerprint density at radius 2 is 2.00 bits per heavy atom. The van der Waals surface area contributed by atoms with Gasteiger partial charge < -0.3 is 14.6 Å². The minimum atomic E-state index is -3.30. The normalized spacial score (nSPS) is 16.2. The van der Waals surface area contributed by atoms with Crippen LogP contribution in [0.15, 0.2) is 30.0 Å². The molecule has 1 aromatic carbocycles. The molecule has 1 saturated heterocycles. The standard InChI is InChI=1S/C22H26F2N4O4S/c1-27(2)12-16(11-25)22(29)19-8-15-9-20(32-13-21(23)24)17(10-18(15)26-19)14-4-6-28(7-5-14)33(3,30)31/h8-10,12,14,21,26H,4-7,13H2,1-3H3/b16-12+. The van der Waals surface area contributed by atoms with E-state index in [1.54, 1.807) is 37.2 Å². The molecule has 8 nitrogen and oxygen atoms in total. The van der Waals surface area contributed by atoms with E-state index in [-0.39, 0.29) is 22.9 Å². The number of carbonyl (C=O) groups is 1. The van der Waals surface area contributed by atoms with Crippen molar-refractivity contribution in [2.24, 2.45) is 0 Å². The number of carbonyl (C=O) groups excluding carboxylic acids is 1. The second kappa shape index (κ2) is 9.89. The fourth-order valence-electron chi connectivity index (χ4n) is 3.94. The zero-order chi connectivity index (χ0) is 24.3. The number of ketones is 1. The fourth-order valence-corrected chi connectivity index (χ4v) is 4.81. The van der Waals surface area contributed by atoms with Crippen LogP contribution in [-0.2, 0) is 10.0 Å². The summed E-state index contributed by atoms with van der Waals surface area (Å²) in [7, 11) is 0.0972. The highest BCUT2D eigenvalue weighted by molar-refractivity contribution is 7.88. The lowest BCUT2D eigenvalue weighted by Gasteiger charge is -2.31. The topological polar surface area (TPSA) is 106 Å². The maximum Gasteiger partial charge on any atom is 0.272 e. The third-order valence-electron chi connectivity index (χ3n) is 5.48. The molecule has 0 atom stereocenters.